The molecule has 5 nitrogen and oxygen atoms in total. The zero-order valence-corrected chi connectivity index (χ0v) is 18.2. The number of aromatic nitrogens is 1. The largest absolute Gasteiger partial charge is 0.356 e. The quantitative estimate of drug-likeness (QED) is 0.370. The van der Waals surface area contributed by atoms with Gasteiger partial charge in [0.15, 0.2) is 5.96 Å². The number of hydrogen-bond acceptors (Lipinski definition) is 4. The average molecular weight is 465 g/mol. The minimum atomic E-state index is 0. The Balaban J connectivity index is 0.00000288. The number of hydrogen-bond donors (Lipinski definition) is 2. The van der Waals surface area contributed by atoms with Crippen LogP contribution in [0.15, 0.2) is 11.2 Å². The average Bonchev–Trinajstić information content (AvgIpc) is 2.88. The first kappa shape index (κ1) is 21.6. The van der Waals surface area contributed by atoms with E-state index in [-0.39, 0.29) is 24.0 Å². The second kappa shape index (κ2) is 12.9. The predicted molar refractivity (Wildman–Crippen MR) is 115 cm³/mol. The van der Waals surface area contributed by atoms with Gasteiger partial charge in [-0.15, -0.1) is 35.3 Å². The van der Waals surface area contributed by atoms with Crippen molar-refractivity contribution in [2.75, 3.05) is 39.8 Å². The number of aryl methyl sites for hydroxylation is 1. The maximum Gasteiger partial charge on any atom is 0.191 e. The molecule has 0 spiro atoms. The topological polar surface area (TPSA) is 52.6 Å². The lowest BCUT2D eigenvalue weighted by Gasteiger charge is -2.20. The molecule has 0 amide bonds. The molecule has 2 rings (SSSR count). The summed E-state index contributed by atoms with van der Waals surface area (Å²) >= 11 is 1.81. The summed E-state index contributed by atoms with van der Waals surface area (Å²) in [5.41, 5.74) is 0. The molecule has 1 saturated heterocycles. The first-order valence-corrected chi connectivity index (χ1v) is 9.74. The summed E-state index contributed by atoms with van der Waals surface area (Å²) in [6.45, 7) is 7.60. The zero-order valence-electron chi connectivity index (χ0n) is 15.0. The van der Waals surface area contributed by atoms with E-state index >= 15 is 0 Å². The van der Waals surface area contributed by atoms with Gasteiger partial charge in [0, 0.05) is 44.2 Å². The lowest BCUT2D eigenvalue weighted by molar-refractivity contribution is 0.289. The molecule has 138 valence electrons. The Morgan fingerprint density at radius 1 is 1.21 bits per heavy atom. The number of aliphatic imine (C=N–C) groups is 1. The fraction of sp³-hybridized carbons (Fsp3) is 0.765. The molecule has 0 saturated carbocycles. The number of guanidine groups is 1. The first-order valence-electron chi connectivity index (χ1n) is 8.92. The maximum absolute atomic E-state index is 4.45. The van der Waals surface area contributed by atoms with Crippen molar-refractivity contribution < 1.29 is 0 Å². The number of thiazole rings is 1. The van der Waals surface area contributed by atoms with Crippen LogP contribution >= 0.6 is 35.3 Å². The summed E-state index contributed by atoms with van der Waals surface area (Å²) in [5.74, 6) is 0.895. The van der Waals surface area contributed by atoms with Gasteiger partial charge in [-0.2, -0.15) is 0 Å². The van der Waals surface area contributed by atoms with Gasteiger partial charge in [0.25, 0.3) is 0 Å². The van der Waals surface area contributed by atoms with Crippen molar-refractivity contribution in [3.63, 3.8) is 0 Å². The summed E-state index contributed by atoms with van der Waals surface area (Å²) < 4.78 is 0. The van der Waals surface area contributed by atoms with Crippen molar-refractivity contribution in [3.8, 4) is 0 Å². The van der Waals surface area contributed by atoms with Gasteiger partial charge in [-0.25, -0.2) is 4.98 Å². The summed E-state index contributed by atoms with van der Waals surface area (Å²) in [7, 11) is 1.83. The van der Waals surface area contributed by atoms with Gasteiger partial charge in [-0.3, -0.25) is 4.99 Å². The van der Waals surface area contributed by atoms with Gasteiger partial charge in [-0.1, -0.05) is 19.8 Å². The van der Waals surface area contributed by atoms with Crippen LogP contribution in [0, 0.1) is 0 Å². The van der Waals surface area contributed by atoms with Crippen LogP contribution in [0.4, 0.5) is 0 Å². The molecule has 1 aliphatic rings. The van der Waals surface area contributed by atoms with E-state index in [4.69, 9.17) is 0 Å². The molecule has 1 aromatic rings. The molecule has 0 aliphatic carbocycles. The summed E-state index contributed by atoms with van der Waals surface area (Å²) in [6, 6.07) is 0. The molecular weight excluding hydrogens is 433 g/mol. The fourth-order valence-electron chi connectivity index (χ4n) is 2.83. The van der Waals surface area contributed by atoms with Crippen molar-refractivity contribution in [3.05, 3.63) is 16.1 Å². The molecule has 1 fully saturated rings. The molecule has 1 aliphatic heterocycles. The number of nitrogens with zero attached hydrogens (tertiary/aromatic N) is 3. The molecule has 24 heavy (non-hydrogen) atoms. The lowest BCUT2D eigenvalue weighted by Crippen LogP contribution is -2.42. The van der Waals surface area contributed by atoms with Crippen LogP contribution in [0.2, 0.25) is 0 Å². The Morgan fingerprint density at radius 2 is 1.92 bits per heavy atom. The van der Waals surface area contributed by atoms with Gasteiger partial charge in [0.05, 0.1) is 5.01 Å². The molecule has 2 N–H and O–H groups in total. The van der Waals surface area contributed by atoms with Crippen molar-refractivity contribution in [2.45, 2.75) is 45.4 Å². The molecule has 1 aromatic heterocycles. The summed E-state index contributed by atoms with van der Waals surface area (Å²) in [6.07, 6.45) is 9.50. The Morgan fingerprint density at radius 3 is 2.54 bits per heavy atom. The fourth-order valence-corrected chi connectivity index (χ4v) is 3.69. The SMILES string of the molecule is CCc1cnc(CCNC(=NC)NCCN2CCCCCC2)s1.I. The number of likely N-dealkylation sites (tertiary alicyclic amines) is 1. The number of rotatable bonds is 7. The third-order valence-electron chi connectivity index (χ3n) is 4.22. The third-order valence-corrected chi connectivity index (χ3v) is 5.43. The first-order chi connectivity index (χ1) is 11.3. The summed E-state index contributed by atoms with van der Waals surface area (Å²) in [4.78, 5) is 12.7. The Kier molecular flexibility index (Phi) is 11.6. The Labute approximate surface area is 167 Å². The van der Waals surface area contributed by atoms with E-state index < -0.39 is 0 Å². The van der Waals surface area contributed by atoms with Gasteiger partial charge in [0.2, 0.25) is 0 Å². The van der Waals surface area contributed by atoms with E-state index in [1.807, 2.05) is 24.6 Å². The molecule has 0 atom stereocenters. The summed E-state index contributed by atoms with van der Waals surface area (Å²) in [5, 5.41) is 8.01. The highest BCUT2D eigenvalue weighted by Gasteiger charge is 2.08. The lowest BCUT2D eigenvalue weighted by atomic mass is 10.2. The number of halogens is 1. The van der Waals surface area contributed by atoms with Crippen LogP contribution < -0.4 is 10.6 Å². The van der Waals surface area contributed by atoms with Gasteiger partial charge < -0.3 is 15.5 Å². The van der Waals surface area contributed by atoms with Crippen molar-refractivity contribution in [1.29, 1.82) is 0 Å². The minimum absolute atomic E-state index is 0. The highest BCUT2D eigenvalue weighted by Crippen LogP contribution is 2.13. The van der Waals surface area contributed by atoms with Crippen molar-refractivity contribution >= 4 is 41.3 Å². The molecule has 2 heterocycles. The van der Waals surface area contributed by atoms with Gasteiger partial charge in [-0.05, 0) is 32.4 Å². The minimum Gasteiger partial charge on any atom is -0.356 e. The van der Waals surface area contributed by atoms with Crippen LogP contribution in [0.3, 0.4) is 0 Å². The smallest absolute Gasteiger partial charge is 0.191 e. The van der Waals surface area contributed by atoms with E-state index in [1.54, 1.807) is 0 Å². The highest BCUT2D eigenvalue weighted by atomic mass is 127. The highest BCUT2D eigenvalue weighted by molar-refractivity contribution is 14.0. The van der Waals surface area contributed by atoms with Crippen LogP contribution in [0.25, 0.3) is 0 Å². The van der Waals surface area contributed by atoms with Crippen molar-refractivity contribution in [2.24, 2.45) is 4.99 Å². The van der Waals surface area contributed by atoms with Crippen LogP contribution in [0.5, 0.6) is 0 Å². The maximum atomic E-state index is 4.45. The standard InChI is InChI=1S/C17H31N5S.HI/c1-3-15-14-21-16(23-15)8-9-19-17(18-2)20-10-13-22-11-6-4-5-7-12-22;/h14H,3-13H2,1-2H3,(H2,18,19,20);1H. The molecule has 0 aromatic carbocycles. The second-order valence-corrected chi connectivity index (χ2v) is 7.21. The van der Waals surface area contributed by atoms with E-state index in [0.717, 1.165) is 38.4 Å². The molecule has 0 unspecified atom stereocenters. The van der Waals surface area contributed by atoms with Crippen LogP contribution in [-0.4, -0.2) is 55.6 Å². The van der Waals surface area contributed by atoms with E-state index in [2.05, 4.69) is 32.4 Å². The van der Waals surface area contributed by atoms with Crippen molar-refractivity contribution in [1.82, 2.24) is 20.5 Å². The Hall–Kier alpha value is -0.410. The van der Waals surface area contributed by atoms with Gasteiger partial charge in [0.1, 0.15) is 0 Å². The van der Waals surface area contributed by atoms with E-state index in [1.165, 1.54) is 48.7 Å². The molecule has 0 bridgehead atoms. The molecule has 0 radical (unpaired) electrons. The molecule has 7 heteroatoms. The Bertz CT molecular complexity index is 469. The predicted octanol–water partition coefficient (Wildman–Crippen LogP) is 2.91. The monoisotopic (exact) mass is 465 g/mol. The third kappa shape index (κ3) is 8.11. The molecular formula is C17H32IN5S. The second-order valence-electron chi connectivity index (χ2n) is 6.01. The van der Waals surface area contributed by atoms with E-state index in [0.29, 0.717) is 0 Å². The number of nitrogens with one attached hydrogen (secondary N) is 2. The van der Waals surface area contributed by atoms with Gasteiger partial charge >= 0.3 is 0 Å². The van der Waals surface area contributed by atoms with Crippen LogP contribution in [0.1, 0.15) is 42.5 Å². The van der Waals surface area contributed by atoms with E-state index in [9.17, 15) is 0 Å². The van der Waals surface area contributed by atoms with Crippen LogP contribution in [-0.2, 0) is 12.8 Å². The normalized spacial score (nSPS) is 16.3. The zero-order chi connectivity index (χ0) is 16.3.